The lowest BCUT2D eigenvalue weighted by Crippen LogP contribution is -2.19. The van der Waals surface area contributed by atoms with E-state index >= 15 is 0 Å². The Balaban J connectivity index is 2.34. The quantitative estimate of drug-likeness (QED) is 0.669. The van der Waals surface area contributed by atoms with Gasteiger partial charge < -0.3 is 4.98 Å². The molecule has 2 nitrogen and oxygen atoms in total. The van der Waals surface area contributed by atoms with Crippen LogP contribution in [0.4, 0.5) is 0 Å². The fourth-order valence-corrected chi connectivity index (χ4v) is 3.49. The maximum atomic E-state index is 12.3. The number of nitrogens with one attached hydrogen (secondary N) is 1. The molecule has 1 N–H and O–H groups in total. The number of carbonyl (C=O) groups excluding carboxylic acids is 1. The molecule has 0 unspecified atom stereocenters. The van der Waals surface area contributed by atoms with Crippen molar-refractivity contribution in [3.8, 4) is 0 Å². The Bertz CT molecular complexity index is 680. The number of ketones is 1. The lowest BCUT2D eigenvalue weighted by atomic mass is 9.79. The van der Waals surface area contributed by atoms with Crippen LogP contribution < -0.4 is 0 Å². The van der Waals surface area contributed by atoms with E-state index in [0.29, 0.717) is 12.1 Å². The standard InChI is InChI=1S/C21H28ClNO/c1-20(2,3)15-12-14(13-16(19(15)22)21(4,5)6)9-10-18(24)17-8-7-11-23-17/h7-8,11-13,23H,9-10H2,1-6H3. The van der Waals surface area contributed by atoms with Gasteiger partial charge in [-0.3, -0.25) is 4.79 Å². The molecule has 0 bridgehead atoms. The van der Waals surface area contributed by atoms with Crippen LogP contribution in [0.5, 0.6) is 0 Å². The Morgan fingerprint density at radius 2 is 1.58 bits per heavy atom. The Morgan fingerprint density at radius 3 is 2.00 bits per heavy atom. The first kappa shape index (κ1) is 18.8. The highest BCUT2D eigenvalue weighted by Crippen LogP contribution is 2.38. The molecule has 0 radical (unpaired) electrons. The summed E-state index contributed by atoms with van der Waals surface area (Å²) in [6, 6.07) is 8.01. The van der Waals surface area contributed by atoms with Gasteiger partial charge in [0.05, 0.1) is 5.69 Å². The number of aryl methyl sites for hydroxylation is 1. The van der Waals surface area contributed by atoms with Crippen molar-refractivity contribution in [1.82, 2.24) is 4.98 Å². The third kappa shape index (κ3) is 4.30. The highest BCUT2D eigenvalue weighted by Gasteiger charge is 2.25. The van der Waals surface area contributed by atoms with Gasteiger partial charge in [-0.05, 0) is 46.1 Å². The van der Waals surface area contributed by atoms with Crippen LogP contribution in [0.1, 0.15) is 75.1 Å². The number of halogens is 1. The second-order valence-corrected chi connectivity index (χ2v) is 8.89. The van der Waals surface area contributed by atoms with Gasteiger partial charge in [-0.25, -0.2) is 0 Å². The van der Waals surface area contributed by atoms with E-state index < -0.39 is 0 Å². The van der Waals surface area contributed by atoms with Gasteiger partial charge in [0.1, 0.15) is 0 Å². The molecule has 0 aliphatic rings. The lowest BCUT2D eigenvalue weighted by molar-refractivity contribution is 0.0978. The average molecular weight is 346 g/mol. The predicted molar refractivity (Wildman–Crippen MR) is 102 cm³/mol. The molecular formula is C21H28ClNO. The van der Waals surface area contributed by atoms with Crippen molar-refractivity contribution in [2.24, 2.45) is 0 Å². The summed E-state index contributed by atoms with van der Waals surface area (Å²) in [5, 5.41) is 0.856. The first-order valence-corrected chi connectivity index (χ1v) is 8.88. The Morgan fingerprint density at radius 1 is 1.04 bits per heavy atom. The van der Waals surface area contributed by atoms with E-state index in [9.17, 15) is 4.79 Å². The summed E-state index contributed by atoms with van der Waals surface area (Å²) < 4.78 is 0. The molecule has 0 spiro atoms. The molecule has 0 amide bonds. The van der Waals surface area contributed by atoms with Crippen molar-refractivity contribution in [1.29, 1.82) is 0 Å². The van der Waals surface area contributed by atoms with Gasteiger partial charge in [-0.2, -0.15) is 0 Å². The van der Waals surface area contributed by atoms with E-state index in [4.69, 9.17) is 11.6 Å². The molecule has 2 aromatic rings. The van der Waals surface area contributed by atoms with Crippen LogP contribution >= 0.6 is 11.6 Å². The largest absolute Gasteiger partial charge is 0.359 e. The molecule has 0 atom stereocenters. The molecule has 0 aliphatic carbocycles. The fraction of sp³-hybridized carbons (Fsp3) is 0.476. The number of H-pyrrole nitrogens is 1. The van der Waals surface area contributed by atoms with Gasteiger partial charge in [0.25, 0.3) is 0 Å². The number of Topliss-reactive ketones (excluding diaryl/α,β-unsaturated/α-hetero) is 1. The van der Waals surface area contributed by atoms with Crippen LogP contribution in [-0.4, -0.2) is 10.8 Å². The zero-order chi connectivity index (χ0) is 18.1. The second kappa shape index (κ2) is 6.76. The van der Waals surface area contributed by atoms with Crippen LogP contribution in [0.25, 0.3) is 0 Å². The third-order valence-corrected chi connectivity index (χ3v) is 4.69. The molecule has 3 heteroatoms. The van der Waals surface area contributed by atoms with Crippen molar-refractivity contribution in [3.63, 3.8) is 0 Å². The van der Waals surface area contributed by atoms with Gasteiger partial charge >= 0.3 is 0 Å². The number of aromatic nitrogens is 1. The zero-order valence-electron chi connectivity index (χ0n) is 15.6. The van der Waals surface area contributed by atoms with Crippen LogP contribution in [-0.2, 0) is 17.3 Å². The van der Waals surface area contributed by atoms with E-state index in [0.717, 1.165) is 22.6 Å². The molecule has 130 valence electrons. The van der Waals surface area contributed by atoms with Crippen molar-refractivity contribution in [2.75, 3.05) is 0 Å². The minimum atomic E-state index is -0.0312. The van der Waals surface area contributed by atoms with E-state index in [1.807, 2.05) is 12.1 Å². The van der Waals surface area contributed by atoms with Crippen LogP contribution in [0.2, 0.25) is 5.02 Å². The zero-order valence-corrected chi connectivity index (χ0v) is 16.3. The molecule has 0 saturated carbocycles. The van der Waals surface area contributed by atoms with Crippen molar-refractivity contribution in [3.05, 3.63) is 57.9 Å². The van der Waals surface area contributed by atoms with Crippen LogP contribution in [0, 0.1) is 0 Å². The van der Waals surface area contributed by atoms with Crippen molar-refractivity contribution in [2.45, 2.75) is 65.2 Å². The van der Waals surface area contributed by atoms with E-state index in [-0.39, 0.29) is 16.6 Å². The molecule has 1 heterocycles. The maximum Gasteiger partial charge on any atom is 0.179 e. The average Bonchev–Trinajstić information content (AvgIpc) is 2.97. The highest BCUT2D eigenvalue weighted by molar-refractivity contribution is 6.32. The third-order valence-electron chi connectivity index (χ3n) is 4.29. The number of hydrogen-bond acceptors (Lipinski definition) is 1. The van der Waals surface area contributed by atoms with Crippen LogP contribution in [0.15, 0.2) is 30.5 Å². The number of rotatable bonds is 4. The first-order valence-electron chi connectivity index (χ1n) is 8.50. The molecule has 1 aromatic carbocycles. The molecular weight excluding hydrogens is 318 g/mol. The van der Waals surface area contributed by atoms with Crippen LogP contribution in [0.3, 0.4) is 0 Å². The minimum Gasteiger partial charge on any atom is -0.359 e. The first-order chi connectivity index (χ1) is 11.0. The summed E-state index contributed by atoms with van der Waals surface area (Å²) in [5.41, 5.74) is 4.09. The summed E-state index contributed by atoms with van der Waals surface area (Å²) in [6.07, 6.45) is 3.00. The van der Waals surface area contributed by atoms with Gasteiger partial charge in [-0.15, -0.1) is 0 Å². The van der Waals surface area contributed by atoms with Crippen molar-refractivity contribution >= 4 is 17.4 Å². The fourth-order valence-electron chi connectivity index (χ4n) is 2.82. The molecule has 2 rings (SSSR count). The normalized spacial score (nSPS) is 12.5. The summed E-state index contributed by atoms with van der Waals surface area (Å²) in [7, 11) is 0. The number of carbonyl (C=O) groups is 1. The van der Waals surface area contributed by atoms with Gasteiger partial charge in [-0.1, -0.05) is 65.3 Å². The summed E-state index contributed by atoms with van der Waals surface area (Å²) in [5.74, 6) is 0.143. The van der Waals surface area contributed by atoms with Gasteiger partial charge in [0, 0.05) is 17.6 Å². The molecule has 1 aromatic heterocycles. The van der Waals surface area contributed by atoms with Gasteiger partial charge in [0.2, 0.25) is 0 Å². The number of hydrogen-bond donors (Lipinski definition) is 1. The molecule has 24 heavy (non-hydrogen) atoms. The Kier molecular flexibility index (Phi) is 5.29. The van der Waals surface area contributed by atoms with Gasteiger partial charge in [0.15, 0.2) is 5.78 Å². The topological polar surface area (TPSA) is 32.9 Å². The summed E-state index contributed by atoms with van der Waals surface area (Å²) in [4.78, 5) is 15.2. The summed E-state index contributed by atoms with van der Waals surface area (Å²) in [6.45, 7) is 13.1. The number of aromatic amines is 1. The highest BCUT2D eigenvalue weighted by atomic mass is 35.5. The monoisotopic (exact) mass is 345 g/mol. The molecule has 0 fully saturated rings. The summed E-state index contributed by atoms with van der Waals surface area (Å²) >= 11 is 6.72. The molecule has 0 aliphatic heterocycles. The lowest BCUT2D eigenvalue weighted by Gasteiger charge is -2.28. The smallest absolute Gasteiger partial charge is 0.179 e. The van der Waals surface area contributed by atoms with E-state index in [1.165, 1.54) is 5.56 Å². The minimum absolute atomic E-state index is 0.0312. The van der Waals surface area contributed by atoms with E-state index in [1.54, 1.807) is 6.20 Å². The maximum absolute atomic E-state index is 12.3. The Hall–Kier alpha value is -1.54. The predicted octanol–water partition coefficient (Wildman–Crippen LogP) is 6.08. The second-order valence-electron chi connectivity index (χ2n) is 8.51. The van der Waals surface area contributed by atoms with E-state index in [2.05, 4.69) is 58.7 Å². The SMILES string of the molecule is CC(C)(C)c1cc(CCC(=O)c2ccc[nH]2)cc(C(C)(C)C)c1Cl. The molecule has 0 saturated heterocycles. The Labute approximate surface area is 150 Å². The van der Waals surface area contributed by atoms with Crippen molar-refractivity contribution < 1.29 is 4.79 Å². The number of benzene rings is 1.